The quantitative estimate of drug-likeness (QED) is 0.873. The van der Waals surface area contributed by atoms with Crippen LogP contribution in [-0.4, -0.2) is 11.7 Å². The molecule has 1 N–H and O–H groups in total. The molecule has 0 saturated carbocycles. The highest BCUT2D eigenvalue weighted by atomic mass is 16.5. The first-order valence-electron chi connectivity index (χ1n) is 7.45. The van der Waals surface area contributed by atoms with Gasteiger partial charge in [-0.25, -0.2) is 0 Å². The van der Waals surface area contributed by atoms with Gasteiger partial charge in [0.1, 0.15) is 18.5 Å². The predicted molar refractivity (Wildman–Crippen MR) is 86.9 cm³/mol. The van der Waals surface area contributed by atoms with Crippen molar-refractivity contribution in [2.75, 3.05) is 6.61 Å². The summed E-state index contributed by atoms with van der Waals surface area (Å²) in [5.41, 5.74) is 4.64. The van der Waals surface area contributed by atoms with Gasteiger partial charge in [-0.05, 0) is 48.6 Å². The summed E-state index contributed by atoms with van der Waals surface area (Å²) in [6, 6.07) is 14.0. The third-order valence-corrected chi connectivity index (χ3v) is 3.73. The van der Waals surface area contributed by atoms with Crippen molar-refractivity contribution in [3.8, 4) is 5.75 Å². The Morgan fingerprint density at radius 3 is 2.24 bits per heavy atom. The van der Waals surface area contributed by atoms with Crippen LogP contribution < -0.4 is 4.74 Å². The zero-order valence-corrected chi connectivity index (χ0v) is 13.3. The number of aliphatic hydroxyl groups is 1. The minimum absolute atomic E-state index is 0.267. The lowest BCUT2D eigenvalue weighted by atomic mass is 9.98. The molecule has 21 heavy (non-hydrogen) atoms. The van der Waals surface area contributed by atoms with Crippen LogP contribution in [0.3, 0.4) is 0 Å². The van der Waals surface area contributed by atoms with Crippen LogP contribution in [0.2, 0.25) is 0 Å². The molecule has 0 aromatic heterocycles. The second-order valence-corrected chi connectivity index (χ2v) is 5.91. The Hall–Kier alpha value is -1.80. The molecule has 0 amide bonds. The fourth-order valence-electron chi connectivity index (χ4n) is 2.45. The lowest BCUT2D eigenvalue weighted by Crippen LogP contribution is -2.10. The van der Waals surface area contributed by atoms with Gasteiger partial charge in [0.2, 0.25) is 0 Å². The van der Waals surface area contributed by atoms with Gasteiger partial charge < -0.3 is 9.84 Å². The molecule has 2 aromatic rings. The molecule has 2 aromatic carbocycles. The second kappa shape index (κ2) is 6.77. The predicted octanol–water partition coefficient (Wildman–Crippen LogP) is 4.54. The lowest BCUT2D eigenvalue weighted by Gasteiger charge is -2.15. The molecular formula is C19H24O2. The van der Waals surface area contributed by atoms with Crippen molar-refractivity contribution in [2.24, 2.45) is 0 Å². The maximum Gasteiger partial charge on any atom is 0.119 e. The SMILES string of the molecule is Cc1ccc(C(O)COc2ccc(C(C)C)c(C)c2)cc1. The highest BCUT2D eigenvalue weighted by molar-refractivity contribution is 5.36. The van der Waals surface area contributed by atoms with Gasteiger partial charge in [-0.15, -0.1) is 0 Å². The van der Waals surface area contributed by atoms with Crippen molar-refractivity contribution in [1.82, 2.24) is 0 Å². The number of aliphatic hydroxyl groups excluding tert-OH is 1. The highest BCUT2D eigenvalue weighted by Crippen LogP contribution is 2.24. The van der Waals surface area contributed by atoms with Crippen LogP contribution in [0.4, 0.5) is 0 Å². The minimum atomic E-state index is -0.601. The van der Waals surface area contributed by atoms with E-state index in [4.69, 9.17) is 4.74 Å². The first-order valence-corrected chi connectivity index (χ1v) is 7.45. The standard InChI is InChI=1S/C19H24O2/c1-13(2)18-10-9-17(11-15(18)4)21-12-19(20)16-7-5-14(3)6-8-16/h5-11,13,19-20H,12H2,1-4H3. The van der Waals surface area contributed by atoms with E-state index in [2.05, 4.69) is 26.8 Å². The number of aryl methyl sites for hydroxylation is 2. The van der Waals surface area contributed by atoms with Crippen LogP contribution >= 0.6 is 0 Å². The minimum Gasteiger partial charge on any atom is -0.491 e. The highest BCUT2D eigenvalue weighted by Gasteiger charge is 2.09. The molecule has 112 valence electrons. The topological polar surface area (TPSA) is 29.5 Å². The van der Waals surface area contributed by atoms with E-state index >= 15 is 0 Å². The zero-order chi connectivity index (χ0) is 15.4. The Bertz CT molecular complexity index is 585. The van der Waals surface area contributed by atoms with Crippen molar-refractivity contribution in [3.63, 3.8) is 0 Å². The van der Waals surface area contributed by atoms with Crippen LogP contribution in [0.1, 0.15) is 48.1 Å². The molecule has 1 unspecified atom stereocenters. The Morgan fingerprint density at radius 2 is 1.67 bits per heavy atom. The molecule has 0 aliphatic heterocycles. The van der Waals surface area contributed by atoms with E-state index in [9.17, 15) is 5.11 Å². The largest absolute Gasteiger partial charge is 0.491 e. The lowest BCUT2D eigenvalue weighted by molar-refractivity contribution is 0.108. The van der Waals surface area contributed by atoms with Crippen LogP contribution in [0.5, 0.6) is 5.75 Å². The fraction of sp³-hybridized carbons (Fsp3) is 0.368. The molecular weight excluding hydrogens is 260 g/mol. The number of ether oxygens (including phenoxy) is 1. The van der Waals surface area contributed by atoms with E-state index in [0.29, 0.717) is 5.92 Å². The first-order chi connectivity index (χ1) is 9.97. The third kappa shape index (κ3) is 4.08. The van der Waals surface area contributed by atoms with E-state index in [1.807, 2.05) is 43.3 Å². The van der Waals surface area contributed by atoms with Gasteiger partial charge in [0.15, 0.2) is 0 Å². The van der Waals surface area contributed by atoms with Gasteiger partial charge in [-0.1, -0.05) is 49.7 Å². The molecule has 1 atom stereocenters. The van der Waals surface area contributed by atoms with Crippen molar-refractivity contribution in [2.45, 2.75) is 39.7 Å². The van der Waals surface area contributed by atoms with Gasteiger partial charge >= 0.3 is 0 Å². The molecule has 2 heteroatoms. The molecule has 0 fully saturated rings. The third-order valence-electron chi connectivity index (χ3n) is 3.73. The summed E-state index contributed by atoms with van der Waals surface area (Å²) < 4.78 is 5.72. The molecule has 0 heterocycles. The number of benzene rings is 2. The second-order valence-electron chi connectivity index (χ2n) is 5.91. The van der Waals surface area contributed by atoms with Crippen LogP contribution in [0, 0.1) is 13.8 Å². The molecule has 0 aliphatic carbocycles. The summed E-state index contributed by atoms with van der Waals surface area (Å²) in [6.45, 7) is 8.77. The van der Waals surface area contributed by atoms with Crippen LogP contribution in [0.15, 0.2) is 42.5 Å². The van der Waals surface area contributed by atoms with Gasteiger partial charge in [-0.3, -0.25) is 0 Å². The first kappa shape index (κ1) is 15.6. The Balaban J connectivity index is 1.99. The van der Waals surface area contributed by atoms with Crippen LogP contribution in [0.25, 0.3) is 0 Å². The summed E-state index contributed by atoms with van der Waals surface area (Å²) in [6.07, 6.45) is -0.601. The van der Waals surface area contributed by atoms with Crippen molar-refractivity contribution in [1.29, 1.82) is 0 Å². The maximum atomic E-state index is 10.2. The molecule has 2 nitrogen and oxygen atoms in total. The van der Waals surface area contributed by atoms with Gasteiger partial charge in [0, 0.05) is 0 Å². The van der Waals surface area contributed by atoms with E-state index in [0.717, 1.165) is 11.3 Å². The number of hydrogen-bond donors (Lipinski definition) is 1. The normalized spacial score (nSPS) is 12.5. The van der Waals surface area contributed by atoms with Gasteiger partial charge in [-0.2, -0.15) is 0 Å². The molecule has 0 saturated heterocycles. The fourth-order valence-corrected chi connectivity index (χ4v) is 2.45. The number of rotatable bonds is 5. The van der Waals surface area contributed by atoms with Gasteiger partial charge in [0.05, 0.1) is 0 Å². The maximum absolute atomic E-state index is 10.2. The smallest absolute Gasteiger partial charge is 0.119 e. The Kier molecular flexibility index (Phi) is 5.03. The van der Waals surface area contributed by atoms with E-state index in [-0.39, 0.29) is 6.61 Å². The van der Waals surface area contributed by atoms with E-state index < -0.39 is 6.10 Å². The molecule has 2 rings (SSSR count). The molecule has 0 spiro atoms. The average molecular weight is 284 g/mol. The average Bonchev–Trinajstić information content (AvgIpc) is 2.45. The Morgan fingerprint density at radius 1 is 1.00 bits per heavy atom. The summed E-state index contributed by atoms with van der Waals surface area (Å²) in [5.74, 6) is 1.32. The van der Waals surface area contributed by atoms with E-state index in [1.54, 1.807) is 0 Å². The summed E-state index contributed by atoms with van der Waals surface area (Å²) >= 11 is 0. The summed E-state index contributed by atoms with van der Waals surface area (Å²) in [4.78, 5) is 0. The van der Waals surface area contributed by atoms with Crippen molar-refractivity contribution in [3.05, 3.63) is 64.7 Å². The summed E-state index contributed by atoms with van der Waals surface area (Å²) in [5, 5.41) is 10.2. The van der Waals surface area contributed by atoms with Crippen LogP contribution in [-0.2, 0) is 0 Å². The molecule has 0 radical (unpaired) electrons. The molecule has 0 aliphatic rings. The van der Waals surface area contributed by atoms with E-state index in [1.165, 1.54) is 16.7 Å². The summed E-state index contributed by atoms with van der Waals surface area (Å²) in [7, 11) is 0. The Labute approximate surface area is 127 Å². The monoisotopic (exact) mass is 284 g/mol. The number of hydrogen-bond acceptors (Lipinski definition) is 2. The van der Waals surface area contributed by atoms with Gasteiger partial charge in [0.25, 0.3) is 0 Å². The molecule has 0 bridgehead atoms. The van der Waals surface area contributed by atoms with Crippen molar-refractivity contribution >= 4 is 0 Å². The zero-order valence-electron chi connectivity index (χ0n) is 13.3. The van der Waals surface area contributed by atoms with Crippen molar-refractivity contribution < 1.29 is 9.84 Å².